The molecule has 0 bridgehead atoms. The van der Waals surface area contributed by atoms with E-state index in [4.69, 9.17) is 0 Å². The van der Waals surface area contributed by atoms with E-state index in [1.165, 1.54) is 12.3 Å². The topological polar surface area (TPSA) is 91.0 Å². The van der Waals surface area contributed by atoms with E-state index in [0.29, 0.717) is 0 Å². The maximum atomic E-state index is 10.4. The number of nitrogens with zero attached hydrogens (tertiary/aromatic N) is 2. The Hall–Kier alpha value is -2.01. The lowest BCUT2D eigenvalue weighted by Gasteiger charge is -1.94. The van der Waals surface area contributed by atoms with Crippen molar-refractivity contribution in [1.29, 1.82) is 0 Å². The molecule has 5 nitrogen and oxygen atoms in total. The van der Waals surface area contributed by atoms with Gasteiger partial charge in [-0.3, -0.25) is 10.1 Å². The molecule has 0 aliphatic rings. The molecule has 1 aromatic carbocycles. The third kappa shape index (κ3) is 1.67. The Morgan fingerprint density at radius 3 is 2.71 bits per heavy atom. The number of para-hydroxylation sites is 1. The number of hydrogen-bond donors (Lipinski definition) is 1. The molecule has 0 saturated heterocycles. The van der Waals surface area contributed by atoms with Crippen molar-refractivity contribution in [2.75, 3.05) is 0 Å². The molecule has 0 fully saturated rings. The van der Waals surface area contributed by atoms with E-state index in [9.17, 15) is 10.1 Å². The Morgan fingerprint density at radius 2 is 2.00 bits per heavy atom. The average Bonchev–Trinajstić information content (AvgIpc) is 2.17. The molecule has 0 saturated carbocycles. The van der Waals surface area contributed by atoms with Crippen LogP contribution in [0.1, 0.15) is 0 Å². The maximum Gasteiger partial charge on any atom is 0.288 e. The molecule has 0 unspecified atom stereocenters. The van der Waals surface area contributed by atoms with Crippen molar-refractivity contribution in [3.63, 3.8) is 0 Å². The van der Waals surface area contributed by atoms with Gasteiger partial charge in [-0.2, -0.15) is 0 Å². The van der Waals surface area contributed by atoms with Gasteiger partial charge in [0.2, 0.25) is 0 Å². The Morgan fingerprint density at radius 1 is 1.29 bits per heavy atom. The van der Waals surface area contributed by atoms with Gasteiger partial charge in [0.05, 0.1) is 10.4 Å². The summed E-state index contributed by atoms with van der Waals surface area (Å²) in [6.07, 6.45) is 1.27. The fourth-order valence-corrected chi connectivity index (χ4v) is 1.16. The van der Waals surface area contributed by atoms with E-state index in [2.05, 4.69) is 4.98 Å². The van der Waals surface area contributed by atoms with Gasteiger partial charge in [0.25, 0.3) is 5.69 Å². The predicted molar refractivity (Wildman–Crippen MR) is 53.4 cm³/mol. The third-order valence-electron chi connectivity index (χ3n) is 1.79. The number of fused-ring (bicyclic) bond motifs is 1. The second-order valence-electron chi connectivity index (χ2n) is 2.64. The van der Waals surface area contributed by atoms with Gasteiger partial charge >= 0.3 is 0 Å². The first-order valence-corrected chi connectivity index (χ1v) is 3.76. The van der Waals surface area contributed by atoms with Crippen LogP contribution in [-0.4, -0.2) is 9.91 Å². The van der Waals surface area contributed by atoms with Crippen molar-refractivity contribution in [1.82, 2.24) is 11.1 Å². The van der Waals surface area contributed by atoms with Crippen molar-refractivity contribution in [3.8, 4) is 0 Å². The lowest BCUT2D eigenvalue weighted by molar-refractivity contribution is -0.385. The molecule has 0 spiro atoms. The summed E-state index contributed by atoms with van der Waals surface area (Å²) in [6, 6.07) is 8.81. The number of pyridine rings is 1. The summed E-state index contributed by atoms with van der Waals surface area (Å²) < 4.78 is 0. The molecule has 3 N–H and O–H groups in total. The van der Waals surface area contributed by atoms with Crippen LogP contribution in [0, 0.1) is 10.1 Å². The van der Waals surface area contributed by atoms with Crippen LogP contribution in [0.25, 0.3) is 10.9 Å². The predicted octanol–water partition coefficient (Wildman–Crippen LogP) is 2.30. The summed E-state index contributed by atoms with van der Waals surface area (Å²) >= 11 is 0. The zero-order valence-electron chi connectivity index (χ0n) is 7.38. The molecule has 14 heavy (non-hydrogen) atoms. The van der Waals surface area contributed by atoms with Crippen molar-refractivity contribution >= 4 is 16.6 Å². The molecule has 2 rings (SSSR count). The average molecular weight is 191 g/mol. The van der Waals surface area contributed by atoms with Crippen LogP contribution < -0.4 is 6.15 Å². The van der Waals surface area contributed by atoms with Gasteiger partial charge in [-0.25, -0.2) is 4.98 Å². The highest BCUT2D eigenvalue weighted by Crippen LogP contribution is 2.17. The molecule has 0 radical (unpaired) electrons. The molecule has 1 heterocycles. The van der Waals surface area contributed by atoms with Crippen LogP contribution in [0.15, 0.2) is 36.5 Å². The van der Waals surface area contributed by atoms with Gasteiger partial charge in [0.1, 0.15) is 6.20 Å². The van der Waals surface area contributed by atoms with Crippen molar-refractivity contribution < 1.29 is 4.92 Å². The molecular weight excluding hydrogens is 182 g/mol. The summed E-state index contributed by atoms with van der Waals surface area (Å²) in [5.41, 5.74) is 0.798. The van der Waals surface area contributed by atoms with E-state index in [-0.39, 0.29) is 11.8 Å². The SMILES string of the molecule is N.O=[N+]([O-])c1cnc2ccccc2c1. The first kappa shape index (κ1) is 10.1. The molecule has 0 amide bonds. The summed E-state index contributed by atoms with van der Waals surface area (Å²) in [6.45, 7) is 0. The Bertz CT molecular complexity index is 470. The summed E-state index contributed by atoms with van der Waals surface area (Å²) in [7, 11) is 0. The standard InChI is InChI=1S/C9H6N2O2.H3N/c12-11(13)8-5-7-3-1-2-4-9(7)10-6-8;/h1-6H;1H3. The number of rotatable bonds is 1. The van der Waals surface area contributed by atoms with Gasteiger partial charge in [-0.1, -0.05) is 18.2 Å². The van der Waals surface area contributed by atoms with Gasteiger partial charge in [0, 0.05) is 11.5 Å². The molecule has 5 heteroatoms. The Kier molecular flexibility index (Phi) is 2.73. The van der Waals surface area contributed by atoms with Gasteiger partial charge in [0.15, 0.2) is 0 Å². The normalized spacial score (nSPS) is 9.43. The minimum absolute atomic E-state index is 0. The van der Waals surface area contributed by atoms with Crippen LogP contribution in [-0.2, 0) is 0 Å². The molecule has 0 aliphatic carbocycles. The second-order valence-corrected chi connectivity index (χ2v) is 2.64. The van der Waals surface area contributed by atoms with Crippen LogP contribution >= 0.6 is 0 Å². The molecule has 2 aromatic rings. The third-order valence-corrected chi connectivity index (χ3v) is 1.79. The fourth-order valence-electron chi connectivity index (χ4n) is 1.16. The Labute approximate surface area is 80.1 Å². The second kappa shape index (κ2) is 3.80. The fraction of sp³-hybridized carbons (Fsp3) is 0. The maximum absolute atomic E-state index is 10.4. The lowest BCUT2D eigenvalue weighted by Crippen LogP contribution is -1.88. The molecule has 1 aromatic heterocycles. The number of benzene rings is 1. The van der Waals surface area contributed by atoms with Crippen LogP contribution in [0.5, 0.6) is 0 Å². The highest BCUT2D eigenvalue weighted by molar-refractivity contribution is 5.80. The van der Waals surface area contributed by atoms with E-state index >= 15 is 0 Å². The molecule has 0 atom stereocenters. The number of hydrogen-bond acceptors (Lipinski definition) is 4. The zero-order chi connectivity index (χ0) is 9.26. The smallest absolute Gasteiger partial charge is 0.288 e. The lowest BCUT2D eigenvalue weighted by atomic mass is 10.2. The zero-order valence-corrected chi connectivity index (χ0v) is 7.38. The molecule has 72 valence electrons. The van der Waals surface area contributed by atoms with Crippen molar-refractivity contribution in [2.24, 2.45) is 0 Å². The molecule has 0 aliphatic heterocycles. The minimum atomic E-state index is -0.445. The van der Waals surface area contributed by atoms with Crippen LogP contribution in [0.4, 0.5) is 5.69 Å². The van der Waals surface area contributed by atoms with E-state index in [1.54, 1.807) is 6.07 Å². The first-order valence-electron chi connectivity index (χ1n) is 3.76. The van der Waals surface area contributed by atoms with Gasteiger partial charge in [-0.15, -0.1) is 0 Å². The molecular formula is C9H9N3O2. The van der Waals surface area contributed by atoms with E-state index < -0.39 is 4.92 Å². The summed E-state index contributed by atoms with van der Waals surface area (Å²) in [5.74, 6) is 0. The van der Waals surface area contributed by atoms with Crippen molar-refractivity contribution in [2.45, 2.75) is 0 Å². The highest BCUT2D eigenvalue weighted by atomic mass is 16.6. The van der Waals surface area contributed by atoms with Gasteiger partial charge < -0.3 is 6.15 Å². The number of nitro groups is 1. The quantitative estimate of drug-likeness (QED) is 0.553. The monoisotopic (exact) mass is 191 g/mol. The van der Waals surface area contributed by atoms with Crippen LogP contribution in [0.2, 0.25) is 0 Å². The first-order chi connectivity index (χ1) is 6.27. The highest BCUT2D eigenvalue weighted by Gasteiger charge is 2.05. The largest absolute Gasteiger partial charge is 0.344 e. The van der Waals surface area contributed by atoms with Crippen LogP contribution in [0.3, 0.4) is 0 Å². The number of aromatic nitrogens is 1. The van der Waals surface area contributed by atoms with E-state index in [1.807, 2.05) is 18.2 Å². The van der Waals surface area contributed by atoms with Gasteiger partial charge in [-0.05, 0) is 6.07 Å². The van der Waals surface area contributed by atoms with E-state index in [0.717, 1.165) is 10.9 Å². The Balaban J connectivity index is 0.000000980. The summed E-state index contributed by atoms with van der Waals surface area (Å²) in [4.78, 5) is 13.9. The minimum Gasteiger partial charge on any atom is -0.344 e. The van der Waals surface area contributed by atoms with Crippen molar-refractivity contribution in [3.05, 3.63) is 46.6 Å². The summed E-state index contributed by atoms with van der Waals surface area (Å²) in [5, 5.41) is 11.2.